The molecule has 74 valence electrons. The minimum absolute atomic E-state index is 0.226. The molecule has 2 rings (SSSR count). The molecule has 0 bridgehead atoms. The zero-order valence-electron chi connectivity index (χ0n) is 8.17. The highest BCUT2D eigenvalue weighted by atomic mass is 127. The van der Waals surface area contributed by atoms with Gasteiger partial charge in [-0.3, -0.25) is 0 Å². The Morgan fingerprint density at radius 2 is 2.14 bits per heavy atom. The van der Waals surface area contributed by atoms with Crippen LogP contribution in [0.15, 0.2) is 24.4 Å². The molecular weight excluding hydrogens is 289 g/mol. The number of aromatic amines is 1. The third-order valence-corrected chi connectivity index (χ3v) is 2.87. The molecule has 0 aliphatic rings. The number of ether oxygens (including phenoxy) is 1. The standard InChI is InChI=1S/C11H12INO/c1-7(2)14-8-3-4-11-9(5-8)10(12)6-13-11/h3-7,13H,1-2H3. The van der Waals surface area contributed by atoms with Crippen molar-refractivity contribution in [2.75, 3.05) is 0 Å². The number of halogens is 1. The van der Waals surface area contributed by atoms with Crippen molar-refractivity contribution in [3.05, 3.63) is 28.0 Å². The minimum Gasteiger partial charge on any atom is -0.491 e. The quantitative estimate of drug-likeness (QED) is 0.843. The molecule has 14 heavy (non-hydrogen) atoms. The molecule has 0 aliphatic carbocycles. The Balaban J connectivity index is 2.44. The molecule has 2 aromatic rings. The number of aromatic nitrogens is 1. The van der Waals surface area contributed by atoms with Crippen molar-refractivity contribution < 1.29 is 4.74 Å². The molecule has 0 radical (unpaired) electrons. The molecule has 0 saturated carbocycles. The van der Waals surface area contributed by atoms with E-state index in [0.717, 1.165) is 11.3 Å². The van der Waals surface area contributed by atoms with Gasteiger partial charge in [0.15, 0.2) is 0 Å². The fraction of sp³-hybridized carbons (Fsp3) is 0.273. The average molecular weight is 301 g/mol. The van der Waals surface area contributed by atoms with Crippen LogP contribution in [0.25, 0.3) is 10.9 Å². The predicted octanol–water partition coefficient (Wildman–Crippen LogP) is 3.56. The largest absolute Gasteiger partial charge is 0.491 e. The summed E-state index contributed by atoms with van der Waals surface area (Å²) in [6.07, 6.45) is 2.23. The third kappa shape index (κ3) is 1.87. The van der Waals surface area contributed by atoms with E-state index in [1.54, 1.807) is 0 Å². The molecule has 3 heteroatoms. The van der Waals surface area contributed by atoms with E-state index in [9.17, 15) is 0 Å². The minimum atomic E-state index is 0.226. The maximum Gasteiger partial charge on any atom is 0.120 e. The van der Waals surface area contributed by atoms with Crippen molar-refractivity contribution in [2.45, 2.75) is 20.0 Å². The number of hydrogen-bond donors (Lipinski definition) is 1. The Morgan fingerprint density at radius 1 is 1.36 bits per heavy atom. The van der Waals surface area contributed by atoms with Gasteiger partial charge in [0.1, 0.15) is 5.75 Å². The number of H-pyrrole nitrogens is 1. The van der Waals surface area contributed by atoms with Gasteiger partial charge in [-0.1, -0.05) is 0 Å². The molecule has 0 aliphatic heterocycles. The van der Waals surface area contributed by atoms with Gasteiger partial charge in [-0.25, -0.2) is 0 Å². The number of hydrogen-bond acceptors (Lipinski definition) is 1. The molecule has 0 spiro atoms. The Kier molecular flexibility index (Phi) is 2.67. The fourth-order valence-corrected chi connectivity index (χ4v) is 2.01. The van der Waals surface area contributed by atoms with E-state index in [-0.39, 0.29) is 6.10 Å². The van der Waals surface area contributed by atoms with E-state index >= 15 is 0 Å². The lowest BCUT2D eigenvalue weighted by molar-refractivity contribution is 0.243. The summed E-state index contributed by atoms with van der Waals surface area (Å²) in [4.78, 5) is 3.21. The highest BCUT2D eigenvalue weighted by Crippen LogP contribution is 2.25. The highest BCUT2D eigenvalue weighted by Gasteiger charge is 2.03. The Bertz CT molecular complexity index is 447. The van der Waals surface area contributed by atoms with Crippen molar-refractivity contribution in [1.82, 2.24) is 4.98 Å². The lowest BCUT2D eigenvalue weighted by Gasteiger charge is -2.09. The van der Waals surface area contributed by atoms with Crippen LogP contribution < -0.4 is 4.74 Å². The van der Waals surface area contributed by atoms with Crippen LogP contribution in [0.2, 0.25) is 0 Å². The topological polar surface area (TPSA) is 25.0 Å². The molecule has 0 saturated heterocycles. The molecule has 0 amide bonds. The van der Waals surface area contributed by atoms with Gasteiger partial charge in [-0.15, -0.1) is 0 Å². The van der Waals surface area contributed by atoms with Crippen LogP contribution in [-0.4, -0.2) is 11.1 Å². The highest BCUT2D eigenvalue weighted by molar-refractivity contribution is 14.1. The maximum atomic E-state index is 5.63. The van der Waals surface area contributed by atoms with Crippen LogP contribution >= 0.6 is 22.6 Å². The van der Waals surface area contributed by atoms with Gasteiger partial charge in [0.2, 0.25) is 0 Å². The van der Waals surface area contributed by atoms with Crippen LogP contribution in [0.3, 0.4) is 0 Å². The molecule has 0 fully saturated rings. The summed E-state index contributed by atoms with van der Waals surface area (Å²) in [7, 11) is 0. The lowest BCUT2D eigenvalue weighted by atomic mass is 10.2. The molecular formula is C11H12INO. The molecule has 2 nitrogen and oxygen atoms in total. The van der Waals surface area contributed by atoms with Gasteiger partial charge in [-0.2, -0.15) is 0 Å². The van der Waals surface area contributed by atoms with Crippen LogP contribution in [0.5, 0.6) is 5.75 Å². The normalized spacial score (nSPS) is 11.1. The monoisotopic (exact) mass is 301 g/mol. The Labute approximate surface area is 96.8 Å². The van der Waals surface area contributed by atoms with E-state index in [2.05, 4.69) is 39.7 Å². The van der Waals surface area contributed by atoms with Gasteiger partial charge in [-0.05, 0) is 54.6 Å². The van der Waals surface area contributed by atoms with Gasteiger partial charge in [0.05, 0.1) is 6.10 Å². The zero-order chi connectivity index (χ0) is 10.1. The van der Waals surface area contributed by atoms with Crippen molar-refractivity contribution >= 4 is 33.5 Å². The van der Waals surface area contributed by atoms with E-state index in [1.807, 2.05) is 26.1 Å². The first-order chi connectivity index (χ1) is 6.66. The molecule has 1 heterocycles. The number of rotatable bonds is 2. The summed E-state index contributed by atoms with van der Waals surface area (Å²) in [6, 6.07) is 6.12. The summed E-state index contributed by atoms with van der Waals surface area (Å²) in [5.74, 6) is 0.935. The maximum absolute atomic E-state index is 5.63. The SMILES string of the molecule is CC(C)Oc1ccc2[nH]cc(I)c2c1. The Hall–Kier alpha value is -0.710. The first kappa shape index (κ1) is 9.83. The zero-order valence-corrected chi connectivity index (χ0v) is 10.3. The van der Waals surface area contributed by atoms with E-state index in [4.69, 9.17) is 4.74 Å². The third-order valence-electron chi connectivity index (χ3n) is 1.97. The molecule has 1 N–H and O–H groups in total. The van der Waals surface area contributed by atoms with Gasteiger partial charge < -0.3 is 9.72 Å². The summed E-state index contributed by atoms with van der Waals surface area (Å²) in [6.45, 7) is 4.07. The second kappa shape index (κ2) is 3.81. The Morgan fingerprint density at radius 3 is 2.86 bits per heavy atom. The molecule has 1 aromatic heterocycles. The number of benzene rings is 1. The summed E-state index contributed by atoms with van der Waals surface area (Å²) < 4.78 is 6.86. The van der Waals surface area contributed by atoms with Crippen molar-refractivity contribution in [1.29, 1.82) is 0 Å². The molecule has 0 unspecified atom stereocenters. The van der Waals surface area contributed by atoms with Gasteiger partial charge >= 0.3 is 0 Å². The van der Waals surface area contributed by atoms with Crippen LogP contribution in [-0.2, 0) is 0 Å². The second-order valence-corrected chi connectivity index (χ2v) is 4.67. The second-order valence-electron chi connectivity index (χ2n) is 3.51. The van der Waals surface area contributed by atoms with Crippen molar-refractivity contribution in [3.8, 4) is 5.75 Å². The van der Waals surface area contributed by atoms with Gasteiger partial charge in [0, 0.05) is 20.7 Å². The average Bonchev–Trinajstić information content (AvgIpc) is 2.47. The van der Waals surface area contributed by atoms with Crippen LogP contribution in [0.1, 0.15) is 13.8 Å². The first-order valence-electron chi connectivity index (χ1n) is 4.60. The number of fused-ring (bicyclic) bond motifs is 1. The predicted molar refractivity (Wildman–Crippen MR) is 66.8 cm³/mol. The lowest BCUT2D eigenvalue weighted by Crippen LogP contribution is -2.05. The smallest absolute Gasteiger partial charge is 0.120 e. The van der Waals surface area contributed by atoms with Gasteiger partial charge in [0.25, 0.3) is 0 Å². The fourth-order valence-electron chi connectivity index (χ4n) is 1.41. The van der Waals surface area contributed by atoms with Crippen LogP contribution in [0.4, 0.5) is 0 Å². The molecule has 0 atom stereocenters. The molecule has 1 aromatic carbocycles. The first-order valence-corrected chi connectivity index (χ1v) is 5.68. The van der Waals surface area contributed by atoms with E-state index in [0.29, 0.717) is 0 Å². The summed E-state index contributed by atoms with van der Waals surface area (Å²) >= 11 is 2.32. The van der Waals surface area contributed by atoms with Crippen molar-refractivity contribution in [3.63, 3.8) is 0 Å². The van der Waals surface area contributed by atoms with E-state index in [1.165, 1.54) is 8.96 Å². The summed E-state index contributed by atoms with van der Waals surface area (Å²) in [5, 5.41) is 1.23. The van der Waals surface area contributed by atoms with Crippen LogP contribution in [0, 0.1) is 3.57 Å². The van der Waals surface area contributed by atoms with E-state index < -0.39 is 0 Å². The van der Waals surface area contributed by atoms with Crippen molar-refractivity contribution in [2.24, 2.45) is 0 Å². The number of nitrogens with one attached hydrogen (secondary N) is 1. The summed E-state index contributed by atoms with van der Waals surface area (Å²) in [5.41, 5.74) is 1.16.